The van der Waals surface area contributed by atoms with Crippen molar-refractivity contribution in [2.45, 2.75) is 52.2 Å². The molecule has 1 aliphatic heterocycles. The minimum atomic E-state index is -0.432. The number of carbonyl (C=O) groups excluding carboxylic acids is 1. The molecule has 1 N–H and O–H groups in total. The summed E-state index contributed by atoms with van der Waals surface area (Å²) in [5.74, 6) is -0.0258. The topological polar surface area (TPSA) is 47.6 Å². The smallest absolute Gasteiger partial charge is 0.399 e. The van der Waals surface area contributed by atoms with Crippen molar-refractivity contribution in [1.29, 1.82) is 0 Å². The second-order valence-electron chi connectivity index (χ2n) is 7.52. The zero-order chi connectivity index (χ0) is 18.2. The molecule has 1 aliphatic rings. The molecule has 4 nitrogen and oxygen atoms in total. The second-order valence-corrected chi connectivity index (χ2v) is 8.30. The predicted octanol–water partition coefficient (Wildman–Crippen LogP) is 3.54. The fraction of sp³-hybridized carbons (Fsp3) is 0.421. The lowest BCUT2D eigenvalue weighted by atomic mass is 9.76. The average Bonchev–Trinajstić information content (AvgIpc) is 3.07. The number of rotatable bonds is 4. The Kier molecular flexibility index (Phi) is 4.79. The molecule has 1 fully saturated rings. The molecule has 0 spiro atoms. The van der Waals surface area contributed by atoms with Gasteiger partial charge in [0.1, 0.15) is 0 Å². The summed E-state index contributed by atoms with van der Waals surface area (Å²) < 4.78 is 12.3. The van der Waals surface area contributed by atoms with Gasteiger partial charge in [0.2, 0.25) is 5.91 Å². The molecular weight excluding hydrogens is 333 g/mol. The van der Waals surface area contributed by atoms with Gasteiger partial charge in [0, 0.05) is 5.69 Å². The van der Waals surface area contributed by atoms with Crippen LogP contribution in [0.5, 0.6) is 0 Å². The van der Waals surface area contributed by atoms with Gasteiger partial charge in [0.05, 0.1) is 17.6 Å². The van der Waals surface area contributed by atoms with E-state index in [-0.39, 0.29) is 17.1 Å². The molecule has 0 radical (unpaired) electrons. The molecule has 1 amide bonds. The number of amides is 1. The molecule has 0 saturated carbocycles. The number of benzene rings is 1. The van der Waals surface area contributed by atoms with E-state index in [1.165, 1.54) is 0 Å². The van der Waals surface area contributed by atoms with Gasteiger partial charge in [-0.05, 0) is 74.6 Å². The molecule has 1 aromatic carbocycles. The van der Waals surface area contributed by atoms with E-state index in [1.807, 2.05) is 69.6 Å². The maximum absolute atomic E-state index is 12.2. The first-order chi connectivity index (χ1) is 11.7. The summed E-state index contributed by atoms with van der Waals surface area (Å²) in [6, 6.07) is 7.81. The Labute approximate surface area is 153 Å². The maximum atomic E-state index is 12.2. The average molecular weight is 357 g/mol. The van der Waals surface area contributed by atoms with Crippen LogP contribution in [-0.4, -0.2) is 24.2 Å². The lowest BCUT2D eigenvalue weighted by Crippen LogP contribution is -2.41. The summed E-state index contributed by atoms with van der Waals surface area (Å²) in [6.45, 7) is 10.2. The number of hydrogen-bond acceptors (Lipinski definition) is 4. The Bertz CT molecular complexity index is 755. The molecule has 0 unspecified atom stereocenters. The van der Waals surface area contributed by atoms with Crippen LogP contribution in [-0.2, 0) is 20.5 Å². The standard InChI is InChI=1S/C19H24BNO3S/c1-13-6-7-15(21-17(22)10-14-8-9-25-12-14)11-16(13)20-23-18(2,3)19(4,5)24-20/h6-9,11-12H,10H2,1-5H3,(H,21,22). The summed E-state index contributed by atoms with van der Waals surface area (Å²) in [6.07, 6.45) is 0.378. The monoisotopic (exact) mass is 357 g/mol. The van der Waals surface area contributed by atoms with E-state index in [2.05, 4.69) is 5.32 Å². The van der Waals surface area contributed by atoms with Crippen molar-refractivity contribution in [3.05, 3.63) is 46.2 Å². The lowest BCUT2D eigenvalue weighted by molar-refractivity contribution is -0.115. The Morgan fingerprint density at radius 3 is 2.44 bits per heavy atom. The third kappa shape index (κ3) is 3.81. The van der Waals surface area contributed by atoms with Gasteiger partial charge < -0.3 is 14.6 Å². The second kappa shape index (κ2) is 6.59. The Morgan fingerprint density at radius 1 is 1.16 bits per heavy atom. The van der Waals surface area contributed by atoms with Crippen LogP contribution in [0.3, 0.4) is 0 Å². The minimum absolute atomic E-state index is 0.0258. The number of hydrogen-bond donors (Lipinski definition) is 1. The first-order valence-electron chi connectivity index (χ1n) is 8.45. The summed E-state index contributed by atoms with van der Waals surface area (Å²) in [4.78, 5) is 12.2. The SMILES string of the molecule is Cc1ccc(NC(=O)Cc2ccsc2)cc1B1OC(C)(C)C(C)(C)O1. The molecule has 1 aromatic heterocycles. The molecule has 6 heteroatoms. The number of thiophene rings is 1. The van der Waals surface area contributed by atoms with Gasteiger partial charge in [-0.15, -0.1) is 0 Å². The highest BCUT2D eigenvalue weighted by Crippen LogP contribution is 2.36. The van der Waals surface area contributed by atoms with Crippen molar-refractivity contribution in [1.82, 2.24) is 0 Å². The van der Waals surface area contributed by atoms with Crippen LogP contribution in [0.1, 0.15) is 38.8 Å². The highest BCUT2D eigenvalue weighted by atomic mass is 32.1. The summed E-state index contributed by atoms with van der Waals surface area (Å²) in [5.41, 5.74) is 3.04. The van der Waals surface area contributed by atoms with E-state index in [1.54, 1.807) is 11.3 Å². The molecule has 2 heterocycles. The van der Waals surface area contributed by atoms with Crippen LogP contribution in [0.15, 0.2) is 35.0 Å². The summed E-state index contributed by atoms with van der Waals surface area (Å²) >= 11 is 1.60. The van der Waals surface area contributed by atoms with Crippen LogP contribution >= 0.6 is 11.3 Å². The van der Waals surface area contributed by atoms with Crippen molar-refractivity contribution in [2.24, 2.45) is 0 Å². The third-order valence-corrected chi connectivity index (χ3v) is 5.75. The van der Waals surface area contributed by atoms with Crippen molar-refractivity contribution in [3.8, 4) is 0 Å². The first-order valence-corrected chi connectivity index (χ1v) is 9.39. The van der Waals surface area contributed by atoms with Crippen molar-refractivity contribution in [3.63, 3.8) is 0 Å². The quantitative estimate of drug-likeness (QED) is 0.852. The Morgan fingerprint density at radius 2 is 1.84 bits per heavy atom. The number of carbonyl (C=O) groups is 1. The third-order valence-electron chi connectivity index (χ3n) is 5.01. The van der Waals surface area contributed by atoms with E-state index < -0.39 is 7.12 Å². The summed E-state index contributed by atoms with van der Waals surface area (Å²) in [5, 5.41) is 6.93. The van der Waals surface area contributed by atoms with Crippen LogP contribution in [0.4, 0.5) is 5.69 Å². The minimum Gasteiger partial charge on any atom is -0.399 e. The zero-order valence-corrected chi connectivity index (χ0v) is 16.2. The fourth-order valence-electron chi connectivity index (χ4n) is 2.73. The van der Waals surface area contributed by atoms with Crippen LogP contribution < -0.4 is 10.8 Å². The van der Waals surface area contributed by atoms with Crippen LogP contribution in [0.25, 0.3) is 0 Å². The van der Waals surface area contributed by atoms with Gasteiger partial charge in [0.15, 0.2) is 0 Å². The van der Waals surface area contributed by atoms with Crippen molar-refractivity contribution in [2.75, 3.05) is 5.32 Å². The molecular formula is C19H24BNO3S. The zero-order valence-electron chi connectivity index (χ0n) is 15.4. The van der Waals surface area contributed by atoms with E-state index in [0.29, 0.717) is 6.42 Å². The Hall–Kier alpha value is -1.63. The molecule has 0 bridgehead atoms. The molecule has 132 valence electrons. The number of anilines is 1. The molecule has 3 rings (SSSR count). The van der Waals surface area contributed by atoms with Crippen molar-refractivity contribution >= 4 is 35.5 Å². The number of nitrogens with one attached hydrogen (secondary N) is 1. The molecule has 0 atom stereocenters. The lowest BCUT2D eigenvalue weighted by Gasteiger charge is -2.32. The highest BCUT2D eigenvalue weighted by molar-refractivity contribution is 7.08. The largest absolute Gasteiger partial charge is 0.495 e. The van der Waals surface area contributed by atoms with Gasteiger partial charge in [-0.25, -0.2) is 0 Å². The van der Waals surface area contributed by atoms with E-state index in [4.69, 9.17) is 9.31 Å². The normalized spacial score (nSPS) is 18.4. The van der Waals surface area contributed by atoms with Gasteiger partial charge in [-0.2, -0.15) is 11.3 Å². The van der Waals surface area contributed by atoms with Gasteiger partial charge >= 0.3 is 7.12 Å². The first kappa shape index (κ1) is 18.2. The highest BCUT2D eigenvalue weighted by Gasteiger charge is 2.52. The number of aryl methyl sites for hydroxylation is 1. The Balaban J connectivity index is 1.76. The molecule has 0 aliphatic carbocycles. The summed E-state index contributed by atoms with van der Waals surface area (Å²) in [7, 11) is -0.432. The molecule has 1 saturated heterocycles. The van der Waals surface area contributed by atoms with Crippen LogP contribution in [0, 0.1) is 6.92 Å². The molecule has 25 heavy (non-hydrogen) atoms. The van der Waals surface area contributed by atoms with Crippen LogP contribution in [0.2, 0.25) is 0 Å². The van der Waals surface area contributed by atoms with Gasteiger partial charge in [-0.1, -0.05) is 11.6 Å². The van der Waals surface area contributed by atoms with Gasteiger partial charge in [0.25, 0.3) is 0 Å². The maximum Gasteiger partial charge on any atom is 0.495 e. The van der Waals surface area contributed by atoms with E-state index >= 15 is 0 Å². The molecule has 2 aromatic rings. The van der Waals surface area contributed by atoms with E-state index in [9.17, 15) is 4.79 Å². The predicted molar refractivity (Wildman–Crippen MR) is 104 cm³/mol. The fourth-order valence-corrected chi connectivity index (χ4v) is 3.39. The van der Waals surface area contributed by atoms with Crippen molar-refractivity contribution < 1.29 is 14.1 Å². The van der Waals surface area contributed by atoms with E-state index in [0.717, 1.165) is 22.3 Å². The van der Waals surface area contributed by atoms with Gasteiger partial charge in [-0.3, -0.25) is 4.79 Å².